The molecule has 3 aromatic rings. The van der Waals surface area contributed by atoms with E-state index in [2.05, 4.69) is 4.98 Å². The summed E-state index contributed by atoms with van der Waals surface area (Å²) in [5.41, 5.74) is 2.40. The molecule has 0 saturated heterocycles. The van der Waals surface area contributed by atoms with E-state index in [1.165, 1.54) is 5.57 Å². The Labute approximate surface area is 134 Å². The van der Waals surface area contributed by atoms with Gasteiger partial charge in [0.15, 0.2) is 0 Å². The van der Waals surface area contributed by atoms with Gasteiger partial charge in [-0.3, -0.25) is 0 Å². The van der Waals surface area contributed by atoms with Gasteiger partial charge in [-0.05, 0) is 32.1 Å². The van der Waals surface area contributed by atoms with Crippen LogP contribution in [0.5, 0.6) is 17.2 Å². The third-order valence-corrected chi connectivity index (χ3v) is 3.57. The zero-order valence-electron chi connectivity index (χ0n) is 13.7. The lowest BCUT2D eigenvalue weighted by molar-refractivity contribution is 0.359. The fraction of sp³-hybridized carbons (Fsp3) is 0.278. The minimum atomic E-state index is 0.463. The Bertz CT molecular complexity index is 875. The predicted molar refractivity (Wildman–Crippen MR) is 89.5 cm³/mol. The maximum Gasteiger partial charge on any atom is 0.230 e. The Morgan fingerprint density at radius 3 is 2.70 bits per heavy atom. The molecule has 5 heteroatoms. The van der Waals surface area contributed by atoms with E-state index in [-0.39, 0.29) is 0 Å². The van der Waals surface area contributed by atoms with Gasteiger partial charge >= 0.3 is 0 Å². The number of hydrogen-bond acceptors (Lipinski definition) is 5. The van der Waals surface area contributed by atoms with Crippen LogP contribution in [0, 0.1) is 0 Å². The van der Waals surface area contributed by atoms with E-state index in [1.54, 1.807) is 20.5 Å². The van der Waals surface area contributed by atoms with Crippen LogP contribution in [0.2, 0.25) is 0 Å². The maximum absolute atomic E-state index is 5.88. The highest BCUT2D eigenvalue weighted by atomic mass is 16.5. The van der Waals surface area contributed by atoms with Crippen molar-refractivity contribution in [1.82, 2.24) is 4.98 Å². The van der Waals surface area contributed by atoms with Gasteiger partial charge in [-0.1, -0.05) is 5.57 Å². The van der Waals surface area contributed by atoms with Crippen LogP contribution in [-0.4, -0.2) is 25.8 Å². The molecule has 2 heterocycles. The van der Waals surface area contributed by atoms with Crippen molar-refractivity contribution in [2.45, 2.75) is 13.8 Å². The Morgan fingerprint density at radius 2 is 2.00 bits per heavy atom. The molecule has 23 heavy (non-hydrogen) atoms. The van der Waals surface area contributed by atoms with Gasteiger partial charge in [0.2, 0.25) is 5.71 Å². The summed E-state index contributed by atoms with van der Waals surface area (Å²) in [6.07, 6.45) is 3.61. The Kier molecular flexibility index (Phi) is 4.10. The van der Waals surface area contributed by atoms with Crippen molar-refractivity contribution in [2.24, 2.45) is 0 Å². The molecule has 120 valence electrons. The first-order chi connectivity index (χ1) is 11.1. The van der Waals surface area contributed by atoms with Crippen LogP contribution in [0.15, 0.2) is 40.5 Å². The molecule has 0 N–H and O–H groups in total. The number of nitrogens with zero attached hydrogens (tertiary/aromatic N) is 1. The van der Waals surface area contributed by atoms with Crippen LogP contribution in [0.4, 0.5) is 0 Å². The first-order valence-corrected chi connectivity index (χ1v) is 7.33. The Morgan fingerprint density at radius 1 is 1.17 bits per heavy atom. The SMILES string of the molecule is COc1cc(OCC=C(C)C)c2nc3occc3c(OC)c2c1. The summed E-state index contributed by atoms with van der Waals surface area (Å²) in [5.74, 6) is 2.02. The summed E-state index contributed by atoms with van der Waals surface area (Å²) in [5, 5.41) is 1.65. The predicted octanol–water partition coefficient (Wildman–Crippen LogP) is 4.34. The van der Waals surface area contributed by atoms with Crippen LogP contribution >= 0.6 is 0 Å². The van der Waals surface area contributed by atoms with Gasteiger partial charge in [0.25, 0.3) is 0 Å². The molecule has 0 atom stereocenters. The third kappa shape index (κ3) is 2.82. The molecule has 0 amide bonds. The van der Waals surface area contributed by atoms with E-state index in [4.69, 9.17) is 18.6 Å². The molecule has 2 aromatic heterocycles. The smallest absolute Gasteiger partial charge is 0.230 e. The van der Waals surface area contributed by atoms with Gasteiger partial charge in [0, 0.05) is 6.07 Å². The second-order valence-electron chi connectivity index (χ2n) is 5.40. The van der Waals surface area contributed by atoms with E-state index >= 15 is 0 Å². The van der Waals surface area contributed by atoms with Gasteiger partial charge in [-0.25, -0.2) is 4.98 Å². The molecule has 0 unspecified atom stereocenters. The lowest BCUT2D eigenvalue weighted by atomic mass is 10.1. The number of hydrogen-bond donors (Lipinski definition) is 0. The van der Waals surface area contributed by atoms with Crippen molar-refractivity contribution in [3.8, 4) is 17.2 Å². The zero-order valence-corrected chi connectivity index (χ0v) is 13.7. The summed E-state index contributed by atoms with van der Waals surface area (Å²) in [4.78, 5) is 4.57. The van der Waals surface area contributed by atoms with Crippen LogP contribution in [0.3, 0.4) is 0 Å². The normalized spacial score (nSPS) is 10.8. The van der Waals surface area contributed by atoms with Crippen molar-refractivity contribution in [1.29, 1.82) is 0 Å². The van der Waals surface area contributed by atoms with E-state index < -0.39 is 0 Å². The number of pyridine rings is 1. The van der Waals surface area contributed by atoms with Crippen LogP contribution < -0.4 is 14.2 Å². The molecule has 0 aliphatic carbocycles. The third-order valence-electron chi connectivity index (χ3n) is 3.57. The average Bonchev–Trinajstić information content (AvgIpc) is 3.00. The number of benzene rings is 1. The highest BCUT2D eigenvalue weighted by Gasteiger charge is 2.17. The largest absolute Gasteiger partial charge is 0.497 e. The van der Waals surface area contributed by atoms with E-state index in [0.717, 1.165) is 10.8 Å². The van der Waals surface area contributed by atoms with E-state index in [1.807, 2.05) is 38.1 Å². The number of methoxy groups -OCH3 is 2. The van der Waals surface area contributed by atoms with Crippen molar-refractivity contribution >= 4 is 22.0 Å². The van der Waals surface area contributed by atoms with E-state index in [9.17, 15) is 0 Å². The fourth-order valence-electron chi connectivity index (χ4n) is 2.42. The van der Waals surface area contributed by atoms with Crippen molar-refractivity contribution in [3.63, 3.8) is 0 Å². The number of allylic oxidation sites excluding steroid dienone is 1. The van der Waals surface area contributed by atoms with Crippen LogP contribution in [-0.2, 0) is 0 Å². The maximum atomic E-state index is 5.88. The van der Waals surface area contributed by atoms with Gasteiger partial charge in [0.05, 0.1) is 31.3 Å². The molecular weight excluding hydrogens is 294 g/mol. The van der Waals surface area contributed by atoms with Gasteiger partial charge < -0.3 is 18.6 Å². The Hall–Kier alpha value is -2.69. The topological polar surface area (TPSA) is 53.7 Å². The molecule has 0 spiro atoms. The first-order valence-electron chi connectivity index (χ1n) is 7.33. The van der Waals surface area contributed by atoms with Crippen molar-refractivity contribution in [2.75, 3.05) is 20.8 Å². The number of rotatable bonds is 5. The molecule has 5 nitrogen and oxygen atoms in total. The minimum absolute atomic E-state index is 0.463. The monoisotopic (exact) mass is 313 g/mol. The summed E-state index contributed by atoms with van der Waals surface area (Å²) in [7, 11) is 3.25. The second kappa shape index (κ2) is 6.20. The molecule has 0 fully saturated rings. The summed E-state index contributed by atoms with van der Waals surface area (Å²) >= 11 is 0. The standard InChI is InChI=1S/C18H19NO4/c1-11(2)5-7-22-15-10-12(20-3)9-14-16(15)19-18-13(6-8-23-18)17(14)21-4/h5-6,8-10H,7H2,1-4H3. The average molecular weight is 313 g/mol. The van der Waals surface area contributed by atoms with Crippen molar-refractivity contribution < 1.29 is 18.6 Å². The summed E-state index contributed by atoms with van der Waals surface area (Å²) in [6, 6.07) is 5.55. The molecule has 0 radical (unpaired) electrons. The van der Waals surface area contributed by atoms with Gasteiger partial charge in [-0.2, -0.15) is 0 Å². The van der Waals surface area contributed by atoms with Crippen LogP contribution in [0.25, 0.3) is 22.0 Å². The molecule has 0 aliphatic heterocycles. The molecule has 0 bridgehead atoms. The number of fused-ring (bicyclic) bond motifs is 2. The van der Waals surface area contributed by atoms with Crippen LogP contribution in [0.1, 0.15) is 13.8 Å². The lowest BCUT2D eigenvalue weighted by Gasteiger charge is -2.12. The van der Waals surface area contributed by atoms with Gasteiger partial charge in [0.1, 0.15) is 29.4 Å². The number of aromatic nitrogens is 1. The minimum Gasteiger partial charge on any atom is -0.497 e. The highest BCUT2D eigenvalue weighted by molar-refractivity contribution is 6.02. The highest BCUT2D eigenvalue weighted by Crippen LogP contribution is 2.39. The number of furan rings is 1. The second-order valence-corrected chi connectivity index (χ2v) is 5.40. The van der Waals surface area contributed by atoms with E-state index in [0.29, 0.717) is 35.1 Å². The summed E-state index contributed by atoms with van der Waals surface area (Å²) in [6.45, 7) is 4.52. The fourth-order valence-corrected chi connectivity index (χ4v) is 2.42. The molecule has 0 saturated carbocycles. The lowest BCUT2D eigenvalue weighted by Crippen LogP contribution is -1.98. The molecular formula is C18H19NO4. The Balaban J connectivity index is 2.23. The van der Waals surface area contributed by atoms with Crippen molar-refractivity contribution in [3.05, 3.63) is 36.1 Å². The zero-order chi connectivity index (χ0) is 16.4. The quantitative estimate of drug-likeness (QED) is 0.656. The summed E-state index contributed by atoms with van der Waals surface area (Å²) < 4.78 is 22.3. The first kappa shape index (κ1) is 15.2. The van der Waals surface area contributed by atoms with Gasteiger partial charge in [-0.15, -0.1) is 0 Å². The molecule has 0 aliphatic rings. The molecule has 3 rings (SSSR count). The number of ether oxygens (including phenoxy) is 3. The molecule has 1 aromatic carbocycles.